The number of anilines is 1. The molecule has 4 aliphatic heterocycles. The molecule has 0 saturated carbocycles. The molecule has 2 saturated heterocycles. The van der Waals surface area contributed by atoms with E-state index in [2.05, 4.69) is 0 Å². The van der Waals surface area contributed by atoms with Crippen molar-refractivity contribution in [2.24, 2.45) is 17.8 Å². The van der Waals surface area contributed by atoms with E-state index in [1.54, 1.807) is 29.0 Å². The number of nitrogens with zero attached hydrogens (tertiary/aromatic N) is 2. The molecule has 4 aliphatic rings. The molecule has 2 fully saturated rings. The molecule has 9 heteroatoms. The van der Waals surface area contributed by atoms with Crippen molar-refractivity contribution in [3.63, 3.8) is 0 Å². The summed E-state index contributed by atoms with van der Waals surface area (Å²) in [5.41, 5.74) is 0.688. The first-order valence-corrected chi connectivity index (χ1v) is 13.6. The number of amides is 2. The minimum absolute atomic E-state index is 0.0974. The maximum Gasteiger partial charge on any atom is 0.311 e. The van der Waals surface area contributed by atoms with Crippen LogP contribution in [-0.2, 0) is 19.1 Å². The third-order valence-electron chi connectivity index (χ3n) is 8.16. The molecule has 0 aromatic heterocycles. The second-order valence-corrected chi connectivity index (χ2v) is 12.4. The molecule has 0 aliphatic carbocycles. The predicted molar refractivity (Wildman–Crippen MR) is 141 cm³/mol. The van der Waals surface area contributed by atoms with E-state index in [4.69, 9.17) is 9.47 Å². The van der Waals surface area contributed by atoms with Crippen molar-refractivity contribution in [1.82, 2.24) is 4.90 Å². The lowest BCUT2D eigenvalue weighted by Crippen LogP contribution is -2.58. The molecule has 1 N–H and O–H groups in total. The Labute approximate surface area is 221 Å². The monoisotopic (exact) mass is 526 g/mol. The van der Waals surface area contributed by atoms with Crippen molar-refractivity contribution >= 4 is 35.2 Å². The summed E-state index contributed by atoms with van der Waals surface area (Å²) in [5.74, 6) is -1.86. The highest BCUT2D eigenvalue weighted by molar-refractivity contribution is 8.02. The van der Waals surface area contributed by atoms with E-state index in [1.807, 2.05) is 57.2 Å². The van der Waals surface area contributed by atoms with E-state index >= 15 is 0 Å². The fraction of sp³-hybridized carbons (Fsp3) is 0.536. The lowest BCUT2D eigenvalue weighted by molar-refractivity contribution is -0.154. The van der Waals surface area contributed by atoms with E-state index in [0.717, 1.165) is 0 Å². The van der Waals surface area contributed by atoms with Gasteiger partial charge in [0, 0.05) is 17.0 Å². The molecule has 0 radical (unpaired) electrons. The van der Waals surface area contributed by atoms with Crippen molar-refractivity contribution in [3.8, 4) is 5.75 Å². The van der Waals surface area contributed by atoms with Crippen LogP contribution in [0.5, 0.6) is 5.75 Å². The Hall–Kier alpha value is -2.78. The van der Waals surface area contributed by atoms with Crippen molar-refractivity contribution in [2.75, 3.05) is 31.8 Å². The van der Waals surface area contributed by atoms with Gasteiger partial charge in [0.25, 0.3) is 5.91 Å². The summed E-state index contributed by atoms with van der Waals surface area (Å²) >= 11 is 1.51. The van der Waals surface area contributed by atoms with Gasteiger partial charge in [-0.2, -0.15) is 0 Å². The first kappa shape index (κ1) is 25.9. The fourth-order valence-corrected chi connectivity index (χ4v) is 8.54. The number of rotatable bonds is 5. The van der Waals surface area contributed by atoms with Crippen LogP contribution in [0.1, 0.15) is 27.2 Å². The molecular formula is C28H34N2O6S. The average molecular weight is 527 g/mol. The number of ether oxygens (including phenoxy) is 2. The van der Waals surface area contributed by atoms with E-state index in [-0.39, 0.29) is 30.9 Å². The van der Waals surface area contributed by atoms with Crippen molar-refractivity contribution in [1.29, 1.82) is 0 Å². The summed E-state index contributed by atoms with van der Waals surface area (Å²) in [7, 11) is 1.59. The number of hydrogen-bond acceptors (Lipinski definition) is 7. The van der Waals surface area contributed by atoms with E-state index in [0.29, 0.717) is 24.4 Å². The number of cyclic esters (lactones) is 1. The number of carbonyl (C=O) groups excluding carboxylic acids is 3. The molecule has 0 bridgehead atoms. The zero-order valence-electron chi connectivity index (χ0n) is 21.6. The van der Waals surface area contributed by atoms with Crippen LogP contribution in [0.15, 0.2) is 48.6 Å². The molecular weight excluding hydrogens is 492 g/mol. The number of aliphatic hydroxyl groups is 1. The summed E-state index contributed by atoms with van der Waals surface area (Å²) in [4.78, 5) is 45.4. The second-order valence-electron chi connectivity index (χ2n) is 10.6. The smallest absolute Gasteiger partial charge is 0.311 e. The maximum atomic E-state index is 14.5. The first-order chi connectivity index (χ1) is 17.7. The fourth-order valence-electron chi connectivity index (χ4n) is 6.40. The standard InChI is InChI=1S/C28H34N2O6S/c1-17(2)20(16-31)30-23-25(33)29(18-8-10-19(35-4)11-9-18)14-7-13-28(23)21(24(30)32)22-26(34)36-15-6-5-12-27(22,3)37-28/h5,7-13,17,20-23,31H,6,14-16H2,1-4H3/t20-,21-,22-,23?,27+,28-/m0/s1. The Balaban J connectivity index is 1.67. The van der Waals surface area contributed by atoms with Crippen LogP contribution >= 0.6 is 11.8 Å². The Bertz CT molecular complexity index is 1150. The van der Waals surface area contributed by atoms with Gasteiger partial charge in [0.15, 0.2) is 0 Å². The van der Waals surface area contributed by atoms with Crippen molar-refractivity contribution in [2.45, 2.75) is 48.8 Å². The van der Waals surface area contributed by atoms with Gasteiger partial charge in [-0.1, -0.05) is 38.2 Å². The Morgan fingerprint density at radius 1 is 1.11 bits per heavy atom. The number of carbonyl (C=O) groups is 3. The first-order valence-electron chi connectivity index (χ1n) is 12.8. The van der Waals surface area contributed by atoms with Crippen LogP contribution < -0.4 is 9.64 Å². The van der Waals surface area contributed by atoms with Gasteiger partial charge >= 0.3 is 5.97 Å². The van der Waals surface area contributed by atoms with Gasteiger partial charge in [-0.25, -0.2) is 0 Å². The van der Waals surface area contributed by atoms with E-state index in [9.17, 15) is 19.5 Å². The average Bonchev–Trinajstić information content (AvgIpc) is 3.18. The van der Waals surface area contributed by atoms with Gasteiger partial charge in [-0.05, 0) is 43.5 Å². The van der Waals surface area contributed by atoms with E-state index < -0.39 is 39.4 Å². The van der Waals surface area contributed by atoms with Crippen LogP contribution in [0, 0.1) is 17.8 Å². The van der Waals surface area contributed by atoms with Gasteiger partial charge in [0.2, 0.25) is 5.91 Å². The Kier molecular flexibility index (Phi) is 6.64. The summed E-state index contributed by atoms with van der Waals surface area (Å²) < 4.78 is 9.17. The lowest BCUT2D eigenvalue weighted by Gasteiger charge is -2.41. The minimum atomic E-state index is -0.981. The third kappa shape index (κ3) is 3.89. The number of esters is 1. The van der Waals surface area contributed by atoms with Gasteiger partial charge in [0.05, 0.1) is 42.9 Å². The number of aliphatic hydroxyl groups excluding tert-OH is 1. The molecule has 198 valence electrons. The van der Waals surface area contributed by atoms with Crippen LogP contribution in [0.2, 0.25) is 0 Å². The summed E-state index contributed by atoms with van der Waals surface area (Å²) in [6.07, 6.45) is 8.52. The lowest BCUT2D eigenvalue weighted by atomic mass is 9.74. The summed E-state index contributed by atoms with van der Waals surface area (Å²) in [6.45, 7) is 6.13. The van der Waals surface area contributed by atoms with E-state index in [1.165, 1.54) is 11.8 Å². The van der Waals surface area contributed by atoms with Gasteiger partial charge < -0.3 is 24.4 Å². The van der Waals surface area contributed by atoms with Crippen LogP contribution in [-0.4, -0.2) is 76.2 Å². The molecule has 1 aromatic rings. The molecule has 4 heterocycles. The summed E-state index contributed by atoms with van der Waals surface area (Å²) in [6, 6.07) is 5.79. The highest BCUT2D eigenvalue weighted by Gasteiger charge is 2.74. The van der Waals surface area contributed by atoms with Gasteiger partial charge in [0.1, 0.15) is 11.8 Å². The van der Waals surface area contributed by atoms with Crippen LogP contribution in [0.4, 0.5) is 5.69 Å². The normalized spacial score (nSPS) is 33.9. The molecule has 1 unspecified atom stereocenters. The highest BCUT2D eigenvalue weighted by Crippen LogP contribution is 2.65. The molecule has 8 nitrogen and oxygen atoms in total. The molecule has 5 rings (SSSR count). The maximum absolute atomic E-state index is 14.5. The molecule has 6 atom stereocenters. The predicted octanol–water partition coefficient (Wildman–Crippen LogP) is 2.81. The summed E-state index contributed by atoms with van der Waals surface area (Å²) in [5, 5.41) is 10.4. The number of thioether (sulfide) groups is 1. The molecule has 37 heavy (non-hydrogen) atoms. The highest BCUT2D eigenvalue weighted by atomic mass is 32.2. The van der Waals surface area contributed by atoms with Crippen LogP contribution in [0.3, 0.4) is 0 Å². The molecule has 1 aromatic carbocycles. The largest absolute Gasteiger partial charge is 0.497 e. The van der Waals surface area contributed by atoms with Crippen molar-refractivity contribution < 1.29 is 29.0 Å². The number of methoxy groups -OCH3 is 1. The third-order valence-corrected chi connectivity index (χ3v) is 9.95. The quantitative estimate of drug-likeness (QED) is 0.466. The second kappa shape index (κ2) is 9.51. The number of likely N-dealkylation sites (tertiary alicyclic amines) is 1. The van der Waals surface area contributed by atoms with Crippen molar-refractivity contribution in [3.05, 3.63) is 48.6 Å². The minimum Gasteiger partial charge on any atom is -0.497 e. The van der Waals surface area contributed by atoms with Crippen LogP contribution in [0.25, 0.3) is 0 Å². The molecule has 1 spiro atoms. The molecule has 2 amide bonds. The number of fused-ring (bicyclic) bond motifs is 2. The van der Waals surface area contributed by atoms with Gasteiger partial charge in [-0.15, -0.1) is 11.8 Å². The topological polar surface area (TPSA) is 96.4 Å². The Morgan fingerprint density at radius 2 is 1.84 bits per heavy atom. The zero-order chi connectivity index (χ0) is 26.5. The Morgan fingerprint density at radius 3 is 2.49 bits per heavy atom. The number of benzene rings is 1. The number of hydrogen-bond donors (Lipinski definition) is 1. The van der Waals surface area contributed by atoms with Gasteiger partial charge in [-0.3, -0.25) is 14.4 Å². The zero-order valence-corrected chi connectivity index (χ0v) is 22.4. The SMILES string of the molecule is COc1ccc(N2CC=C[C@]34S[C@]5(C)C=CCCOC(=O)[C@@H]5[C@H]3C(=O)N([C@@H](CO)C(C)C)C4C2=O)cc1.